The van der Waals surface area contributed by atoms with E-state index in [0.717, 1.165) is 18.2 Å². The van der Waals surface area contributed by atoms with Gasteiger partial charge in [0.05, 0.1) is 5.56 Å². The van der Waals surface area contributed by atoms with Gasteiger partial charge in [0.25, 0.3) is 0 Å². The van der Waals surface area contributed by atoms with Crippen molar-refractivity contribution < 1.29 is 27.1 Å². The monoisotopic (exact) mass is 322 g/mol. The summed E-state index contributed by atoms with van der Waals surface area (Å²) in [7, 11) is 0. The number of aliphatic hydroxyl groups excluding tert-OH is 1. The van der Waals surface area contributed by atoms with E-state index in [9.17, 15) is 27.1 Å². The van der Waals surface area contributed by atoms with Crippen molar-refractivity contribution in [3.8, 4) is 0 Å². The molecule has 0 aromatic heterocycles. The highest BCUT2D eigenvalue weighted by Crippen LogP contribution is 2.33. The molecule has 0 saturated heterocycles. The molecule has 0 aliphatic rings. The van der Waals surface area contributed by atoms with E-state index in [4.69, 9.17) is 11.6 Å². The number of rotatable bonds is 2. The molecule has 0 saturated carbocycles. The van der Waals surface area contributed by atoms with Crippen molar-refractivity contribution in [2.45, 2.75) is 12.3 Å². The molecule has 0 spiro atoms. The number of aliphatic hydroxyl groups is 1. The molecule has 2 aromatic rings. The Morgan fingerprint density at radius 3 is 2.14 bits per heavy atom. The van der Waals surface area contributed by atoms with Gasteiger partial charge in [-0.3, -0.25) is 0 Å². The molecule has 7 heteroatoms. The van der Waals surface area contributed by atoms with Crippen LogP contribution in [0.5, 0.6) is 0 Å². The van der Waals surface area contributed by atoms with Crippen LogP contribution in [0.2, 0.25) is 5.02 Å². The Morgan fingerprint density at radius 2 is 1.62 bits per heavy atom. The van der Waals surface area contributed by atoms with Crippen LogP contribution in [0.15, 0.2) is 36.4 Å². The van der Waals surface area contributed by atoms with Crippen molar-refractivity contribution in [3.63, 3.8) is 0 Å². The van der Waals surface area contributed by atoms with Crippen molar-refractivity contribution in [1.29, 1.82) is 0 Å². The minimum Gasteiger partial charge on any atom is -0.384 e. The fraction of sp³-hybridized carbons (Fsp3) is 0.143. The summed E-state index contributed by atoms with van der Waals surface area (Å²) >= 11 is 5.62. The first-order valence-corrected chi connectivity index (χ1v) is 6.07. The van der Waals surface area contributed by atoms with Crippen LogP contribution in [0.25, 0.3) is 0 Å². The Kier molecular flexibility index (Phi) is 4.20. The zero-order valence-electron chi connectivity index (χ0n) is 10.3. The molecule has 1 N–H and O–H groups in total. The van der Waals surface area contributed by atoms with Crippen molar-refractivity contribution in [2.24, 2.45) is 0 Å². The largest absolute Gasteiger partial charge is 0.419 e. The summed E-state index contributed by atoms with van der Waals surface area (Å²) in [5.74, 6) is -2.23. The first-order chi connectivity index (χ1) is 9.68. The van der Waals surface area contributed by atoms with Gasteiger partial charge in [-0.2, -0.15) is 13.2 Å². The molecule has 112 valence electrons. The van der Waals surface area contributed by atoms with Crippen LogP contribution < -0.4 is 0 Å². The molecule has 0 bridgehead atoms. The maximum atomic E-state index is 13.4. The average molecular weight is 323 g/mol. The molecule has 0 heterocycles. The maximum Gasteiger partial charge on any atom is 0.419 e. The van der Waals surface area contributed by atoms with E-state index < -0.39 is 29.5 Å². The molecular weight excluding hydrogens is 315 g/mol. The first-order valence-electron chi connectivity index (χ1n) is 5.69. The molecule has 1 unspecified atom stereocenters. The van der Waals surface area contributed by atoms with Gasteiger partial charge in [-0.05, 0) is 41.5 Å². The molecule has 0 radical (unpaired) electrons. The van der Waals surface area contributed by atoms with Gasteiger partial charge in [0, 0.05) is 5.02 Å². The standard InChI is InChI=1S/C14H8ClF5O/c15-9-3-8(4-10(16)6-9)13(21)7-1-2-11(12(17)5-7)14(18,19)20/h1-6,13,21H. The maximum absolute atomic E-state index is 13.4. The van der Waals surface area contributed by atoms with Gasteiger partial charge in [0.1, 0.15) is 17.7 Å². The minimum absolute atomic E-state index is 0.0106. The smallest absolute Gasteiger partial charge is 0.384 e. The molecule has 21 heavy (non-hydrogen) atoms. The van der Waals surface area contributed by atoms with Gasteiger partial charge >= 0.3 is 6.18 Å². The average Bonchev–Trinajstić information content (AvgIpc) is 2.35. The van der Waals surface area contributed by atoms with E-state index in [-0.39, 0.29) is 16.1 Å². The Balaban J connectivity index is 2.40. The third kappa shape index (κ3) is 3.51. The number of halogens is 6. The van der Waals surface area contributed by atoms with Gasteiger partial charge in [-0.25, -0.2) is 8.78 Å². The summed E-state index contributed by atoms with van der Waals surface area (Å²) in [4.78, 5) is 0. The highest BCUT2D eigenvalue weighted by Gasteiger charge is 2.34. The molecule has 2 rings (SSSR count). The van der Waals surface area contributed by atoms with Crippen molar-refractivity contribution >= 4 is 11.6 Å². The fourth-order valence-corrected chi connectivity index (χ4v) is 2.09. The third-order valence-electron chi connectivity index (χ3n) is 2.81. The first kappa shape index (κ1) is 15.7. The van der Waals surface area contributed by atoms with Crippen LogP contribution in [-0.2, 0) is 6.18 Å². The second-order valence-electron chi connectivity index (χ2n) is 4.34. The Bertz CT molecular complexity index is 649. The van der Waals surface area contributed by atoms with Gasteiger partial charge in [0.2, 0.25) is 0 Å². The Morgan fingerprint density at radius 1 is 0.952 bits per heavy atom. The number of alkyl halides is 3. The van der Waals surface area contributed by atoms with E-state index in [0.29, 0.717) is 12.1 Å². The second-order valence-corrected chi connectivity index (χ2v) is 4.78. The molecule has 0 fully saturated rings. The lowest BCUT2D eigenvalue weighted by molar-refractivity contribution is -0.140. The van der Waals surface area contributed by atoms with Gasteiger partial charge in [-0.1, -0.05) is 17.7 Å². The Labute approximate surface area is 121 Å². The number of benzene rings is 2. The van der Waals surface area contributed by atoms with E-state index in [1.807, 2.05) is 0 Å². The predicted molar refractivity (Wildman–Crippen MR) is 66.9 cm³/mol. The van der Waals surface area contributed by atoms with Crippen LogP contribution in [0.1, 0.15) is 22.8 Å². The lowest BCUT2D eigenvalue weighted by Gasteiger charge is -2.14. The quantitative estimate of drug-likeness (QED) is 0.793. The molecule has 0 aliphatic heterocycles. The van der Waals surface area contributed by atoms with Gasteiger partial charge in [-0.15, -0.1) is 0 Å². The topological polar surface area (TPSA) is 20.2 Å². The Hall–Kier alpha value is -1.66. The SMILES string of the molecule is OC(c1cc(F)cc(Cl)c1)c1ccc(C(F)(F)F)c(F)c1. The number of hydrogen-bond donors (Lipinski definition) is 1. The van der Waals surface area contributed by atoms with Crippen molar-refractivity contribution in [2.75, 3.05) is 0 Å². The van der Waals surface area contributed by atoms with Crippen LogP contribution in [0.3, 0.4) is 0 Å². The minimum atomic E-state index is -4.82. The summed E-state index contributed by atoms with van der Waals surface area (Å²) in [6, 6.07) is 5.22. The van der Waals surface area contributed by atoms with Crippen LogP contribution in [-0.4, -0.2) is 5.11 Å². The highest BCUT2D eigenvalue weighted by atomic mass is 35.5. The summed E-state index contributed by atoms with van der Waals surface area (Å²) in [6.45, 7) is 0. The normalized spacial score (nSPS) is 13.3. The molecular formula is C14H8ClF5O. The lowest BCUT2D eigenvalue weighted by atomic mass is 10.00. The van der Waals surface area contributed by atoms with E-state index >= 15 is 0 Å². The van der Waals surface area contributed by atoms with Crippen LogP contribution in [0.4, 0.5) is 22.0 Å². The van der Waals surface area contributed by atoms with E-state index in [1.54, 1.807) is 0 Å². The zero-order valence-corrected chi connectivity index (χ0v) is 11.0. The second kappa shape index (κ2) is 5.61. The highest BCUT2D eigenvalue weighted by molar-refractivity contribution is 6.30. The molecule has 1 atom stereocenters. The third-order valence-corrected chi connectivity index (χ3v) is 3.03. The molecule has 0 aliphatic carbocycles. The van der Waals surface area contributed by atoms with Gasteiger partial charge < -0.3 is 5.11 Å². The van der Waals surface area contributed by atoms with Crippen LogP contribution in [0, 0.1) is 11.6 Å². The van der Waals surface area contributed by atoms with Gasteiger partial charge in [0.15, 0.2) is 0 Å². The van der Waals surface area contributed by atoms with E-state index in [2.05, 4.69) is 0 Å². The fourth-order valence-electron chi connectivity index (χ4n) is 1.86. The summed E-state index contributed by atoms with van der Waals surface area (Å²) in [6.07, 6.45) is -6.31. The summed E-state index contributed by atoms with van der Waals surface area (Å²) < 4.78 is 64.0. The van der Waals surface area contributed by atoms with Crippen molar-refractivity contribution in [3.05, 3.63) is 69.7 Å². The predicted octanol–water partition coefficient (Wildman–Crippen LogP) is 4.72. The van der Waals surface area contributed by atoms with E-state index in [1.165, 1.54) is 6.07 Å². The summed E-state index contributed by atoms with van der Waals surface area (Å²) in [5.41, 5.74) is -1.56. The molecule has 1 nitrogen and oxygen atoms in total. The van der Waals surface area contributed by atoms with Crippen molar-refractivity contribution in [1.82, 2.24) is 0 Å². The van der Waals surface area contributed by atoms with Crippen LogP contribution >= 0.6 is 11.6 Å². The number of hydrogen-bond acceptors (Lipinski definition) is 1. The lowest BCUT2D eigenvalue weighted by Crippen LogP contribution is -2.09. The molecule has 0 amide bonds. The molecule has 2 aromatic carbocycles. The zero-order chi connectivity index (χ0) is 15.8. The summed E-state index contributed by atoms with van der Waals surface area (Å²) in [5, 5.41) is 10.00.